The van der Waals surface area contributed by atoms with Crippen molar-refractivity contribution in [3.8, 4) is 11.8 Å². The monoisotopic (exact) mass is 379 g/mol. The Morgan fingerprint density at radius 3 is 2.81 bits per heavy atom. The number of thiophene rings is 1. The number of H-pyrrole nitrogens is 2. The molecule has 0 bridgehead atoms. The number of hydrogen-bond donors (Lipinski definition) is 2. The van der Waals surface area contributed by atoms with Gasteiger partial charge in [-0.1, -0.05) is 30.0 Å². The summed E-state index contributed by atoms with van der Waals surface area (Å²) in [5, 5.41) is 0. The fourth-order valence-corrected chi connectivity index (χ4v) is 4.17. The Labute approximate surface area is 160 Å². The predicted octanol–water partition coefficient (Wildman–Crippen LogP) is 3.45. The molecule has 0 amide bonds. The smallest absolute Gasteiger partial charge is 0.256 e. The Bertz CT molecular complexity index is 1100. The van der Waals surface area contributed by atoms with Gasteiger partial charge in [0, 0.05) is 42.2 Å². The molecule has 1 aromatic carbocycles. The van der Waals surface area contributed by atoms with Crippen LogP contribution >= 0.6 is 23.6 Å². The maximum Gasteiger partial charge on any atom is 0.256 e. The third-order valence-electron chi connectivity index (χ3n) is 4.33. The van der Waals surface area contributed by atoms with E-state index in [2.05, 4.69) is 38.8 Å². The number of rotatable bonds is 2. The topological polar surface area (TPSA) is 51.9 Å². The van der Waals surface area contributed by atoms with E-state index >= 15 is 0 Å². The van der Waals surface area contributed by atoms with E-state index in [4.69, 9.17) is 12.2 Å². The standard InChI is InChI=1S/C20H17N3OS2/c24-19-17-13-23(11-10-18(17)21-20(25)22-19)12-16-9-8-15(26-16)7-6-14-4-2-1-3-5-14/h1-5,8-9H,10-13H2,(H2,21,22,24,25). The Hall–Kier alpha value is -2.46. The molecule has 1 aliphatic heterocycles. The van der Waals surface area contributed by atoms with Crippen LogP contribution < -0.4 is 5.56 Å². The van der Waals surface area contributed by atoms with Crippen molar-refractivity contribution in [2.75, 3.05) is 6.54 Å². The summed E-state index contributed by atoms with van der Waals surface area (Å²) < 4.78 is 0.405. The highest BCUT2D eigenvalue weighted by Crippen LogP contribution is 2.21. The average molecular weight is 380 g/mol. The summed E-state index contributed by atoms with van der Waals surface area (Å²) in [6, 6.07) is 14.2. The van der Waals surface area contributed by atoms with Crippen LogP contribution in [0.25, 0.3) is 0 Å². The van der Waals surface area contributed by atoms with E-state index < -0.39 is 0 Å². The minimum atomic E-state index is -0.0750. The molecular formula is C20H17N3OS2. The van der Waals surface area contributed by atoms with Crippen LogP contribution in [-0.4, -0.2) is 21.4 Å². The maximum absolute atomic E-state index is 12.1. The Kier molecular flexibility index (Phi) is 4.85. The molecular weight excluding hydrogens is 362 g/mol. The molecule has 0 radical (unpaired) electrons. The van der Waals surface area contributed by atoms with Gasteiger partial charge in [0.05, 0.1) is 10.4 Å². The summed E-state index contributed by atoms with van der Waals surface area (Å²) in [4.78, 5) is 22.5. The van der Waals surface area contributed by atoms with Gasteiger partial charge in [0.1, 0.15) is 0 Å². The quantitative estimate of drug-likeness (QED) is 0.530. The number of fused-ring (bicyclic) bond motifs is 1. The number of nitrogens with one attached hydrogen (secondary N) is 2. The summed E-state index contributed by atoms with van der Waals surface area (Å²) >= 11 is 6.75. The van der Waals surface area contributed by atoms with E-state index in [1.165, 1.54) is 4.88 Å². The molecule has 3 aromatic rings. The molecule has 0 spiro atoms. The van der Waals surface area contributed by atoms with Crippen molar-refractivity contribution in [2.45, 2.75) is 19.5 Å². The van der Waals surface area contributed by atoms with Gasteiger partial charge in [0.15, 0.2) is 4.77 Å². The first-order chi connectivity index (χ1) is 12.7. The summed E-state index contributed by atoms with van der Waals surface area (Å²) in [5.74, 6) is 6.42. The van der Waals surface area contributed by atoms with Crippen molar-refractivity contribution in [3.63, 3.8) is 0 Å². The normalized spacial score (nSPS) is 13.7. The number of benzene rings is 1. The summed E-state index contributed by atoms with van der Waals surface area (Å²) in [6.45, 7) is 2.37. The van der Waals surface area contributed by atoms with Crippen LogP contribution in [0.5, 0.6) is 0 Å². The molecule has 2 aromatic heterocycles. The average Bonchev–Trinajstić information content (AvgIpc) is 3.09. The summed E-state index contributed by atoms with van der Waals surface area (Å²) in [6.07, 6.45) is 0.814. The second-order valence-corrected chi connectivity index (χ2v) is 7.78. The Balaban J connectivity index is 1.46. The number of aromatic nitrogens is 2. The van der Waals surface area contributed by atoms with E-state index in [-0.39, 0.29) is 5.56 Å². The third-order valence-corrected chi connectivity index (χ3v) is 5.52. The minimum absolute atomic E-state index is 0.0750. The Morgan fingerprint density at radius 2 is 1.96 bits per heavy atom. The van der Waals surface area contributed by atoms with Crippen LogP contribution in [0.4, 0.5) is 0 Å². The van der Waals surface area contributed by atoms with Gasteiger partial charge < -0.3 is 4.98 Å². The lowest BCUT2D eigenvalue weighted by Crippen LogP contribution is -2.35. The molecule has 0 saturated heterocycles. The highest BCUT2D eigenvalue weighted by atomic mass is 32.1. The molecule has 3 heterocycles. The van der Waals surface area contributed by atoms with Crippen molar-refractivity contribution < 1.29 is 0 Å². The van der Waals surface area contributed by atoms with Crippen molar-refractivity contribution >= 4 is 23.6 Å². The van der Waals surface area contributed by atoms with Gasteiger partial charge in [-0.3, -0.25) is 14.7 Å². The highest BCUT2D eigenvalue weighted by molar-refractivity contribution is 7.71. The fourth-order valence-electron chi connectivity index (χ4n) is 3.05. The third kappa shape index (κ3) is 3.86. The molecule has 4 nitrogen and oxygen atoms in total. The SMILES string of the molecule is O=c1[nH]c(=S)[nH]c2c1CN(Cc1ccc(C#Cc3ccccc3)s1)CC2. The van der Waals surface area contributed by atoms with Gasteiger partial charge in [-0.25, -0.2) is 0 Å². The van der Waals surface area contributed by atoms with Gasteiger partial charge in [-0.2, -0.15) is 0 Å². The molecule has 0 saturated carbocycles. The van der Waals surface area contributed by atoms with Gasteiger partial charge in [-0.05, 0) is 36.5 Å². The molecule has 0 aliphatic carbocycles. The van der Waals surface area contributed by atoms with Gasteiger partial charge in [0.25, 0.3) is 5.56 Å². The molecule has 1 aliphatic rings. The first kappa shape index (κ1) is 17.0. The fraction of sp³-hybridized carbons (Fsp3) is 0.200. The van der Waals surface area contributed by atoms with E-state index in [1.54, 1.807) is 11.3 Å². The molecule has 26 heavy (non-hydrogen) atoms. The predicted molar refractivity (Wildman–Crippen MR) is 107 cm³/mol. The molecule has 130 valence electrons. The van der Waals surface area contributed by atoms with Gasteiger partial charge in [-0.15, -0.1) is 11.3 Å². The van der Waals surface area contributed by atoms with Crippen LogP contribution in [0.2, 0.25) is 0 Å². The largest absolute Gasteiger partial charge is 0.335 e. The van der Waals surface area contributed by atoms with E-state index in [9.17, 15) is 4.79 Å². The van der Waals surface area contributed by atoms with Crippen molar-refractivity contribution in [1.29, 1.82) is 0 Å². The van der Waals surface area contributed by atoms with Crippen LogP contribution in [-0.2, 0) is 19.5 Å². The minimum Gasteiger partial charge on any atom is -0.335 e. The lowest BCUT2D eigenvalue weighted by molar-refractivity contribution is 0.243. The lowest BCUT2D eigenvalue weighted by Gasteiger charge is -2.27. The second-order valence-electron chi connectivity index (χ2n) is 6.21. The van der Waals surface area contributed by atoms with E-state index in [1.807, 2.05) is 30.3 Å². The van der Waals surface area contributed by atoms with Crippen LogP contribution in [0.15, 0.2) is 47.3 Å². The number of hydrogen-bond acceptors (Lipinski definition) is 4. The molecule has 0 unspecified atom stereocenters. The first-order valence-electron chi connectivity index (χ1n) is 8.40. The zero-order chi connectivity index (χ0) is 17.9. The van der Waals surface area contributed by atoms with Crippen LogP contribution in [0.1, 0.15) is 26.6 Å². The lowest BCUT2D eigenvalue weighted by atomic mass is 10.1. The molecule has 4 rings (SSSR count). The first-order valence-corrected chi connectivity index (χ1v) is 9.62. The van der Waals surface area contributed by atoms with Crippen molar-refractivity contribution in [1.82, 2.24) is 14.9 Å². The summed E-state index contributed by atoms with van der Waals surface area (Å²) in [7, 11) is 0. The van der Waals surface area contributed by atoms with Gasteiger partial charge >= 0.3 is 0 Å². The van der Waals surface area contributed by atoms with Crippen molar-refractivity contribution in [2.24, 2.45) is 0 Å². The number of nitrogens with zero attached hydrogens (tertiary/aromatic N) is 1. The molecule has 0 fully saturated rings. The van der Waals surface area contributed by atoms with Crippen molar-refractivity contribution in [3.05, 3.63) is 84.2 Å². The van der Waals surface area contributed by atoms with Crippen LogP contribution in [0, 0.1) is 16.6 Å². The molecule has 6 heteroatoms. The van der Waals surface area contributed by atoms with E-state index in [0.29, 0.717) is 11.3 Å². The van der Waals surface area contributed by atoms with Gasteiger partial charge in [0.2, 0.25) is 0 Å². The van der Waals surface area contributed by atoms with Crippen LogP contribution in [0.3, 0.4) is 0 Å². The summed E-state index contributed by atoms with van der Waals surface area (Å²) in [5.41, 5.74) is 2.71. The Morgan fingerprint density at radius 1 is 1.12 bits per heavy atom. The second kappa shape index (κ2) is 7.42. The zero-order valence-electron chi connectivity index (χ0n) is 14.0. The van der Waals surface area contributed by atoms with E-state index in [0.717, 1.165) is 41.2 Å². The zero-order valence-corrected chi connectivity index (χ0v) is 15.7. The molecule has 2 N–H and O–H groups in total. The highest BCUT2D eigenvalue weighted by Gasteiger charge is 2.20. The number of aromatic amines is 2. The maximum atomic E-state index is 12.1. The molecule has 0 atom stereocenters.